The van der Waals surface area contributed by atoms with Crippen LogP contribution in [-0.4, -0.2) is 21.5 Å². The van der Waals surface area contributed by atoms with Crippen molar-refractivity contribution in [3.8, 4) is 11.4 Å². The van der Waals surface area contributed by atoms with E-state index in [1.54, 1.807) is 0 Å². The molecule has 118 valence electrons. The van der Waals surface area contributed by atoms with Gasteiger partial charge >= 0.3 is 6.03 Å². The number of amides is 2. The number of H-pyrrole nitrogens is 1. The molecule has 1 aromatic heterocycles. The minimum atomic E-state index is -0.275. The third kappa shape index (κ3) is 3.69. The average molecular weight is 308 g/mol. The molecule has 0 aliphatic rings. The molecule has 3 N–H and O–H groups in total. The fourth-order valence-corrected chi connectivity index (χ4v) is 2.32. The Bertz CT molecular complexity index is 831. The van der Waals surface area contributed by atoms with E-state index in [-0.39, 0.29) is 11.6 Å². The van der Waals surface area contributed by atoms with Crippen LogP contribution in [0.1, 0.15) is 20.8 Å². The van der Waals surface area contributed by atoms with E-state index in [2.05, 4.69) is 20.6 Å². The summed E-state index contributed by atoms with van der Waals surface area (Å²) in [5.41, 5.74) is 3.23. The molecule has 0 aliphatic carbocycles. The van der Waals surface area contributed by atoms with Gasteiger partial charge in [-0.3, -0.25) is 0 Å². The molecule has 0 aliphatic heterocycles. The Kier molecular flexibility index (Phi) is 3.78. The second-order valence-electron chi connectivity index (χ2n) is 6.51. The zero-order valence-corrected chi connectivity index (χ0v) is 13.5. The average Bonchev–Trinajstić information content (AvgIpc) is 2.89. The van der Waals surface area contributed by atoms with E-state index in [1.165, 1.54) is 0 Å². The van der Waals surface area contributed by atoms with Gasteiger partial charge in [-0.1, -0.05) is 30.3 Å². The number of carbonyl (C=O) groups excluding carboxylic acids is 1. The standard InChI is InChI=1S/C18H20N4O/c1-18(2,3)22-17(23)19-13-9-10-14-15(11-13)21-16(20-14)12-7-5-4-6-8-12/h4-11H,1-3H3,(H,20,21)(H2,19,22,23). The third-order valence-electron chi connectivity index (χ3n) is 3.28. The van der Waals surface area contributed by atoms with Crippen LogP contribution in [0.25, 0.3) is 22.4 Å². The van der Waals surface area contributed by atoms with Gasteiger partial charge < -0.3 is 15.6 Å². The zero-order chi connectivity index (χ0) is 16.4. The van der Waals surface area contributed by atoms with Gasteiger partial charge in [-0.2, -0.15) is 0 Å². The van der Waals surface area contributed by atoms with Crippen molar-refractivity contribution in [1.29, 1.82) is 0 Å². The van der Waals surface area contributed by atoms with E-state index in [0.717, 1.165) is 28.1 Å². The normalized spacial score (nSPS) is 11.4. The molecular weight excluding hydrogens is 288 g/mol. The molecule has 0 atom stereocenters. The Labute approximate surface area is 135 Å². The molecule has 0 radical (unpaired) electrons. The Morgan fingerprint density at radius 3 is 2.52 bits per heavy atom. The first kappa shape index (κ1) is 15.1. The predicted octanol–water partition coefficient (Wildman–Crippen LogP) is 4.15. The molecule has 0 bridgehead atoms. The summed E-state index contributed by atoms with van der Waals surface area (Å²) in [7, 11) is 0. The molecule has 0 fully saturated rings. The number of anilines is 1. The molecular formula is C18H20N4O. The molecule has 0 unspecified atom stereocenters. The number of urea groups is 1. The Morgan fingerprint density at radius 2 is 1.83 bits per heavy atom. The largest absolute Gasteiger partial charge is 0.338 e. The fourth-order valence-electron chi connectivity index (χ4n) is 2.32. The molecule has 3 rings (SSSR count). The van der Waals surface area contributed by atoms with E-state index in [1.807, 2.05) is 69.3 Å². The number of aromatic nitrogens is 2. The first-order valence-corrected chi connectivity index (χ1v) is 7.55. The molecule has 0 saturated carbocycles. The summed E-state index contributed by atoms with van der Waals surface area (Å²) in [6.45, 7) is 5.82. The van der Waals surface area contributed by atoms with Gasteiger partial charge in [0.05, 0.1) is 11.0 Å². The molecule has 3 aromatic rings. The highest BCUT2D eigenvalue weighted by Gasteiger charge is 2.14. The number of nitrogens with one attached hydrogen (secondary N) is 3. The maximum absolute atomic E-state index is 11.9. The van der Waals surface area contributed by atoms with Crippen molar-refractivity contribution in [2.75, 3.05) is 5.32 Å². The molecule has 5 heteroatoms. The van der Waals surface area contributed by atoms with Crippen molar-refractivity contribution in [3.05, 3.63) is 48.5 Å². The Hall–Kier alpha value is -2.82. The highest BCUT2D eigenvalue weighted by Crippen LogP contribution is 2.22. The van der Waals surface area contributed by atoms with Gasteiger partial charge in [-0.15, -0.1) is 0 Å². The van der Waals surface area contributed by atoms with Crippen molar-refractivity contribution < 1.29 is 4.79 Å². The quantitative estimate of drug-likeness (QED) is 0.665. The van der Waals surface area contributed by atoms with Crippen molar-refractivity contribution in [1.82, 2.24) is 15.3 Å². The van der Waals surface area contributed by atoms with Crippen LogP contribution in [-0.2, 0) is 0 Å². The minimum absolute atomic E-state index is 0.223. The van der Waals surface area contributed by atoms with Crippen LogP contribution < -0.4 is 10.6 Å². The first-order valence-electron chi connectivity index (χ1n) is 7.55. The summed E-state index contributed by atoms with van der Waals surface area (Å²) >= 11 is 0. The van der Waals surface area contributed by atoms with Gasteiger partial charge in [0, 0.05) is 16.8 Å². The number of hydrogen-bond donors (Lipinski definition) is 3. The van der Waals surface area contributed by atoms with E-state index in [9.17, 15) is 4.79 Å². The number of fused-ring (bicyclic) bond motifs is 1. The summed E-state index contributed by atoms with van der Waals surface area (Å²) in [5, 5.41) is 5.71. The van der Waals surface area contributed by atoms with Crippen LogP contribution in [0.4, 0.5) is 10.5 Å². The lowest BCUT2D eigenvalue weighted by Gasteiger charge is -2.20. The number of aromatic amines is 1. The highest BCUT2D eigenvalue weighted by atomic mass is 16.2. The topological polar surface area (TPSA) is 69.8 Å². The maximum Gasteiger partial charge on any atom is 0.319 e. The van der Waals surface area contributed by atoms with Crippen LogP contribution >= 0.6 is 0 Å². The van der Waals surface area contributed by atoms with Crippen molar-refractivity contribution in [3.63, 3.8) is 0 Å². The lowest BCUT2D eigenvalue weighted by Crippen LogP contribution is -2.43. The molecule has 2 aromatic carbocycles. The zero-order valence-electron chi connectivity index (χ0n) is 13.5. The molecule has 0 spiro atoms. The first-order chi connectivity index (χ1) is 10.9. The Morgan fingerprint density at radius 1 is 1.09 bits per heavy atom. The van der Waals surface area contributed by atoms with Gasteiger partial charge in [0.25, 0.3) is 0 Å². The van der Waals surface area contributed by atoms with E-state index in [4.69, 9.17) is 0 Å². The smallest absolute Gasteiger partial charge is 0.319 e. The molecule has 0 saturated heterocycles. The molecule has 2 amide bonds. The predicted molar refractivity (Wildman–Crippen MR) is 93.4 cm³/mol. The monoisotopic (exact) mass is 308 g/mol. The van der Waals surface area contributed by atoms with E-state index in [0.29, 0.717) is 0 Å². The summed E-state index contributed by atoms with van der Waals surface area (Å²) in [4.78, 5) is 19.8. The summed E-state index contributed by atoms with van der Waals surface area (Å²) in [5.74, 6) is 0.817. The van der Waals surface area contributed by atoms with Gasteiger partial charge in [0.1, 0.15) is 5.82 Å². The van der Waals surface area contributed by atoms with E-state index < -0.39 is 0 Å². The maximum atomic E-state index is 11.9. The second kappa shape index (κ2) is 5.76. The summed E-state index contributed by atoms with van der Waals surface area (Å²) < 4.78 is 0. The third-order valence-corrected chi connectivity index (χ3v) is 3.28. The molecule has 23 heavy (non-hydrogen) atoms. The van der Waals surface area contributed by atoms with Crippen molar-refractivity contribution in [2.45, 2.75) is 26.3 Å². The summed E-state index contributed by atoms with van der Waals surface area (Å²) in [6, 6.07) is 15.4. The van der Waals surface area contributed by atoms with Gasteiger partial charge in [-0.05, 0) is 39.0 Å². The number of rotatable bonds is 2. The fraction of sp³-hybridized carbons (Fsp3) is 0.222. The molecule has 5 nitrogen and oxygen atoms in total. The van der Waals surface area contributed by atoms with Crippen molar-refractivity contribution >= 4 is 22.8 Å². The number of benzene rings is 2. The lowest BCUT2D eigenvalue weighted by atomic mass is 10.1. The van der Waals surface area contributed by atoms with Crippen LogP contribution in [0.5, 0.6) is 0 Å². The van der Waals surface area contributed by atoms with Gasteiger partial charge in [0.15, 0.2) is 0 Å². The molecule has 1 heterocycles. The number of nitrogens with zero attached hydrogens (tertiary/aromatic N) is 1. The van der Waals surface area contributed by atoms with Crippen LogP contribution in [0, 0.1) is 0 Å². The lowest BCUT2D eigenvalue weighted by molar-refractivity contribution is 0.244. The van der Waals surface area contributed by atoms with Crippen LogP contribution in [0.3, 0.4) is 0 Å². The van der Waals surface area contributed by atoms with Gasteiger partial charge in [-0.25, -0.2) is 9.78 Å². The SMILES string of the molecule is CC(C)(C)NC(=O)Nc1ccc2nc(-c3ccccc3)[nH]c2c1. The minimum Gasteiger partial charge on any atom is -0.338 e. The highest BCUT2D eigenvalue weighted by molar-refractivity contribution is 5.92. The number of hydrogen-bond acceptors (Lipinski definition) is 2. The number of imidazole rings is 1. The van der Waals surface area contributed by atoms with Gasteiger partial charge in [0.2, 0.25) is 0 Å². The van der Waals surface area contributed by atoms with Crippen LogP contribution in [0.15, 0.2) is 48.5 Å². The van der Waals surface area contributed by atoms with Crippen LogP contribution in [0.2, 0.25) is 0 Å². The van der Waals surface area contributed by atoms with E-state index >= 15 is 0 Å². The van der Waals surface area contributed by atoms with Crippen molar-refractivity contribution in [2.24, 2.45) is 0 Å². The number of carbonyl (C=O) groups is 1. The Balaban J connectivity index is 1.84. The second-order valence-corrected chi connectivity index (χ2v) is 6.51. The summed E-state index contributed by atoms with van der Waals surface area (Å²) in [6.07, 6.45) is 0.